The van der Waals surface area contributed by atoms with E-state index >= 15 is 0 Å². The first-order chi connectivity index (χ1) is 19.1. The van der Waals surface area contributed by atoms with Crippen LogP contribution in [0.3, 0.4) is 0 Å². The Bertz CT molecular complexity index is 1770. The fourth-order valence-electron chi connectivity index (χ4n) is 6.96. The maximum absolute atomic E-state index is 6.80. The number of hydrogen-bond acceptors (Lipinski definition) is 2. The monoisotopic (exact) mass is 503 g/mol. The minimum atomic E-state index is -0.129. The molecule has 0 aromatic heterocycles. The van der Waals surface area contributed by atoms with Crippen LogP contribution in [0.15, 0.2) is 121 Å². The highest BCUT2D eigenvalue weighted by molar-refractivity contribution is 6.08. The molecule has 0 fully saturated rings. The van der Waals surface area contributed by atoms with Crippen LogP contribution < -0.4 is 9.64 Å². The van der Waals surface area contributed by atoms with Gasteiger partial charge in [0.15, 0.2) is 0 Å². The van der Waals surface area contributed by atoms with Crippen molar-refractivity contribution in [3.05, 3.63) is 143 Å². The van der Waals surface area contributed by atoms with Crippen molar-refractivity contribution in [2.24, 2.45) is 0 Å². The summed E-state index contributed by atoms with van der Waals surface area (Å²) in [5.41, 5.74) is 9.92. The Labute approximate surface area is 229 Å². The van der Waals surface area contributed by atoms with Gasteiger partial charge in [0.05, 0.1) is 5.69 Å². The number of rotatable bonds is 3. The molecule has 0 saturated heterocycles. The maximum Gasteiger partial charge on any atom is 0.131 e. The summed E-state index contributed by atoms with van der Waals surface area (Å²) < 4.78 is 6.80. The molecule has 2 heteroatoms. The predicted octanol–water partition coefficient (Wildman–Crippen LogP) is 9.56. The average molecular weight is 504 g/mol. The van der Waals surface area contributed by atoms with Crippen LogP contribution in [0, 0.1) is 0 Å². The summed E-state index contributed by atoms with van der Waals surface area (Å²) in [4.78, 5) is 2.40. The molecule has 2 aliphatic carbocycles. The molecule has 39 heavy (non-hydrogen) atoms. The van der Waals surface area contributed by atoms with E-state index in [1.807, 2.05) is 0 Å². The molecule has 5 aromatic carbocycles. The van der Waals surface area contributed by atoms with Crippen LogP contribution in [-0.4, -0.2) is 6.10 Å². The van der Waals surface area contributed by atoms with Crippen LogP contribution >= 0.6 is 0 Å². The van der Waals surface area contributed by atoms with E-state index in [0.29, 0.717) is 0 Å². The molecule has 8 rings (SSSR count). The molecule has 0 saturated carbocycles. The van der Waals surface area contributed by atoms with E-state index in [9.17, 15) is 0 Å². The van der Waals surface area contributed by atoms with Crippen LogP contribution in [0.25, 0.3) is 22.9 Å². The Kier molecular flexibility index (Phi) is 4.73. The summed E-state index contributed by atoms with van der Waals surface area (Å²) in [7, 11) is 0. The second-order valence-corrected chi connectivity index (χ2v) is 11.3. The molecule has 1 heterocycles. The van der Waals surface area contributed by atoms with Crippen molar-refractivity contribution in [1.82, 2.24) is 0 Å². The van der Waals surface area contributed by atoms with Gasteiger partial charge in [-0.3, -0.25) is 0 Å². The van der Waals surface area contributed by atoms with Crippen molar-refractivity contribution in [3.63, 3.8) is 0 Å². The van der Waals surface area contributed by atoms with Crippen LogP contribution in [-0.2, 0) is 5.41 Å². The van der Waals surface area contributed by atoms with Gasteiger partial charge in [0.1, 0.15) is 11.9 Å². The largest absolute Gasteiger partial charge is 0.485 e. The average Bonchev–Trinajstić information content (AvgIpc) is 2.98. The predicted molar refractivity (Wildman–Crippen MR) is 162 cm³/mol. The summed E-state index contributed by atoms with van der Waals surface area (Å²) in [6.07, 6.45) is 7.09. The number of benzene rings is 5. The zero-order valence-corrected chi connectivity index (χ0v) is 22.1. The Morgan fingerprint density at radius 3 is 2.15 bits per heavy atom. The lowest BCUT2D eigenvalue weighted by molar-refractivity contribution is 0.181. The van der Waals surface area contributed by atoms with Crippen LogP contribution in [0.1, 0.15) is 42.0 Å². The van der Waals surface area contributed by atoms with Gasteiger partial charge in [-0.05, 0) is 64.0 Å². The lowest BCUT2D eigenvalue weighted by Gasteiger charge is -2.46. The highest BCUT2D eigenvalue weighted by Crippen LogP contribution is 2.55. The Morgan fingerprint density at radius 1 is 0.718 bits per heavy atom. The minimum Gasteiger partial charge on any atom is -0.485 e. The molecule has 0 amide bonds. The molecule has 2 unspecified atom stereocenters. The number of hydrogen-bond donors (Lipinski definition) is 0. The van der Waals surface area contributed by atoms with Gasteiger partial charge in [0.2, 0.25) is 0 Å². The SMILES string of the molecule is CC1(C)C2=Cc3cc(N(c4ccccc4)c4ccccc4)c4cccc5c4c3C(C=C5)C2Oc2ccccc21. The summed E-state index contributed by atoms with van der Waals surface area (Å²) in [6.45, 7) is 4.69. The number of para-hydroxylation sites is 3. The Hall–Kier alpha value is -4.56. The summed E-state index contributed by atoms with van der Waals surface area (Å²) in [6, 6.07) is 39.1. The molecular formula is C37H29NO. The first kappa shape index (κ1) is 22.4. The van der Waals surface area contributed by atoms with Gasteiger partial charge in [-0.2, -0.15) is 0 Å². The third-order valence-corrected chi connectivity index (χ3v) is 8.81. The van der Waals surface area contributed by atoms with Crippen LogP contribution in [0.2, 0.25) is 0 Å². The molecule has 1 aliphatic heterocycles. The van der Waals surface area contributed by atoms with Gasteiger partial charge in [0.25, 0.3) is 0 Å². The third-order valence-electron chi connectivity index (χ3n) is 8.81. The van der Waals surface area contributed by atoms with Crippen LogP contribution in [0.5, 0.6) is 5.75 Å². The van der Waals surface area contributed by atoms with Crippen molar-refractivity contribution in [2.45, 2.75) is 31.3 Å². The fourth-order valence-corrected chi connectivity index (χ4v) is 6.96. The number of fused-ring (bicyclic) bond motifs is 3. The number of nitrogens with zero attached hydrogens (tertiary/aromatic N) is 1. The Balaban J connectivity index is 1.44. The molecule has 0 N–H and O–H groups in total. The zero-order chi connectivity index (χ0) is 26.1. The van der Waals surface area contributed by atoms with Gasteiger partial charge in [-0.25, -0.2) is 0 Å². The smallest absolute Gasteiger partial charge is 0.131 e. The van der Waals surface area contributed by atoms with Gasteiger partial charge in [-0.1, -0.05) is 105 Å². The lowest BCUT2D eigenvalue weighted by atomic mass is 9.65. The number of anilines is 3. The van der Waals surface area contributed by atoms with E-state index in [2.05, 4.69) is 146 Å². The molecule has 0 bridgehead atoms. The third kappa shape index (κ3) is 3.21. The second kappa shape index (κ2) is 8.22. The fraction of sp³-hybridized carbons (Fsp3) is 0.135. The van der Waals surface area contributed by atoms with Gasteiger partial charge < -0.3 is 9.64 Å². The molecule has 2 nitrogen and oxygen atoms in total. The molecule has 188 valence electrons. The topological polar surface area (TPSA) is 12.5 Å². The molecule has 2 atom stereocenters. The second-order valence-electron chi connectivity index (χ2n) is 11.3. The molecule has 0 spiro atoms. The van der Waals surface area contributed by atoms with E-state index in [4.69, 9.17) is 4.74 Å². The normalized spacial score (nSPS) is 19.5. The first-order valence-corrected chi connectivity index (χ1v) is 13.8. The summed E-state index contributed by atoms with van der Waals surface area (Å²) in [5, 5.41) is 2.60. The number of ether oxygens (including phenoxy) is 1. The highest BCUT2D eigenvalue weighted by Gasteiger charge is 2.46. The quantitative estimate of drug-likeness (QED) is 0.243. The molecular weight excluding hydrogens is 474 g/mol. The van der Waals surface area contributed by atoms with Gasteiger partial charge in [-0.15, -0.1) is 0 Å². The van der Waals surface area contributed by atoms with Crippen molar-refractivity contribution in [2.75, 3.05) is 4.90 Å². The van der Waals surface area contributed by atoms with Crippen molar-refractivity contribution < 1.29 is 4.74 Å². The lowest BCUT2D eigenvalue weighted by Crippen LogP contribution is -2.42. The van der Waals surface area contributed by atoms with Crippen molar-refractivity contribution in [1.29, 1.82) is 0 Å². The van der Waals surface area contributed by atoms with Gasteiger partial charge in [0, 0.05) is 33.7 Å². The zero-order valence-electron chi connectivity index (χ0n) is 22.1. The highest BCUT2D eigenvalue weighted by atomic mass is 16.5. The Morgan fingerprint density at radius 2 is 1.41 bits per heavy atom. The van der Waals surface area contributed by atoms with E-state index < -0.39 is 0 Å². The van der Waals surface area contributed by atoms with Gasteiger partial charge >= 0.3 is 0 Å². The van der Waals surface area contributed by atoms with E-state index in [1.54, 1.807) is 0 Å². The summed E-state index contributed by atoms with van der Waals surface area (Å²) in [5.74, 6) is 1.17. The van der Waals surface area contributed by atoms with Crippen molar-refractivity contribution >= 4 is 40.0 Å². The van der Waals surface area contributed by atoms with E-state index in [0.717, 1.165) is 17.1 Å². The molecule has 3 aliphatic rings. The molecule has 0 radical (unpaired) electrons. The maximum atomic E-state index is 6.80. The van der Waals surface area contributed by atoms with E-state index in [1.165, 1.54) is 44.3 Å². The standard InChI is InChI=1S/C37H29NO/c1-37(2)30-18-9-10-19-33(30)39-36-29-21-20-24-12-11-17-28-32(23-25(22-31(36)37)35(29)34(24)28)38(26-13-5-3-6-14-26)27-15-7-4-8-16-27/h3-23,29,36H,1-2H3. The van der Waals surface area contributed by atoms with Crippen molar-refractivity contribution in [3.8, 4) is 5.75 Å². The molecule has 5 aromatic rings. The summed E-state index contributed by atoms with van der Waals surface area (Å²) >= 11 is 0. The van der Waals surface area contributed by atoms with E-state index in [-0.39, 0.29) is 17.4 Å². The first-order valence-electron chi connectivity index (χ1n) is 13.8. The van der Waals surface area contributed by atoms with Crippen LogP contribution in [0.4, 0.5) is 17.1 Å². The minimum absolute atomic E-state index is 0.0135.